The minimum atomic E-state index is -3.51. The summed E-state index contributed by atoms with van der Waals surface area (Å²) in [6, 6.07) is 31.3. The molecule has 1 amide bonds. The van der Waals surface area contributed by atoms with E-state index >= 15 is 0 Å². The summed E-state index contributed by atoms with van der Waals surface area (Å²) >= 11 is 0. The number of methoxy groups -OCH3 is 3. The summed E-state index contributed by atoms with van der Waals surface area (Å²) in [5, 5.41) is 2.92. The van der Waals surface area contributed by atoms with Crippen molar-refractivity contribution in [1.82, 2.24) is 35.0 Å². The second-order valence-electron chi connectivity index (χ2n) is 24.9. The quantitative estimate of drug-likeness (QED) is 0.0150. The number of benzene rings is 3. The first-order valence-corrected chi connectivity index (χ1v) is 39.7. The maximum absolute atomic E-state index is 14.5. The van der Waals surface area contributed by atoms with E-state index in [2.05, 4.69) is 55.5 Å². The zero-order valence-corrected chi connectivity index (χ0v) is 62.8. The highest BCUT2D eigenvalue weighted by Gasteiger charge is 2.30. The van der Waals surface area contributed by atoms with Gasteiger partial charge in [0.05, 0.1) is 58.2 Å². The van der Waals surface area contributed by atoms with Crippen molar-refractivity contribution in [1.29, 1.82) is 0 Å². The molecule has 102 heavy (non-hydrogen) atoms. The van der Waals surface area contributed by atoms with Gasteiger partial charge in [0.15, 0.2) is 19.8 Å². The molecule has 6 aromatic rings. The van der Waals surface area contributed by atoms with Crippen molar-refractivity contribution >= 4 is 62.4 Å². The number of carbonyl (C=O) groups excluding carboxylic acids is 4. The van der Waals surface area contributed by atoms with Gasteiger partial charge in [-0.3, -0.25) is 28.4 Å². The number of hydrogen-bond acceptors (Lipinski definition) is 23. The summed E-state index contributed by atoms with van der Waals surface area (Å²) < 4.78 is 97.4. The normalized spacial score (nSPS) is 15.4. The third kappa shape index (κ3) is 26.9. The predicted octanol–water partition coefficient (Wildman–Crippen LogP) is 9.32. The number of hydrogen-bond donors (Lipinski definition) is 1. The Balaban J connectivity index is 1.34. The molecule has 1 fully saturated rings. The Kier molecular flexibility index (Phi) is 30.9. The average Bonchev–Trinajstić information content (AvgIpc) is 0.996. The number of esters is 3. The molecule has 7 rings (SSSR count). The van der Waals surface area contributed by atoms with E-state index in [1.54, 1.807) is 132 Å². The van der Waals surface area contributed by atoms with E-state index in [9.17, 15) is 32.9 Å². The van der Waals surface area contributed by atoms with E-state index in [-0.39, 0.29) is 81.6 Å². The molecule has 1 aliphatic heterocycles. The van der Waals surface area contributed by atoms with Crippen LogP contribution in [0.1, 0.15) is 111 Å². The minimum absolute atomic E-state index is 0.170. The maximum Gasteiger partial charge on any atom is 0.407 e. The van der Waals surface area contributed by atoms with Gasteiger partial charge in [-0.25, -0.2) is 34.1 Å². The predicted molar refractivity (Wildman–Crippen MR) is 390 cm³/mol. The van der Waals surface area contributed by atoms with Gasteiger partial charge in [-0.1, -0.05) is 41.9 Å². The lowest BCUT2D eigenvalue weighted by Crippen LogP contribution is -2.45. The Hall–Kier alpha value is -8.68. The number of carbonyl (C=O) groups is 4. The van der Waals surface area contributed by atoms with Crippen LogP contribution in [0.2, 0.25) is 0 Å². The smallest absolute Gasteiger partial charge is 0.407 e. The Bertz CT molecular complexity index is 4190. The number of ether oxygens (including phenoxy) is 7. The van der Waals surface area contributed by atoms with E-state index in [1.807, 2.05) is 39.0 Å². The van der Waals surface area contributed by atoms with Gasteiger partial charge >= 0.3 is 24.0 Å². The first-order chi connectivity index (χ1) is 48.7. The second kappa shape index (κ2) is 39.1. The van der Waals surface area contributed by atoms with Gasteiger partial charge in [-0.2, -0.15) is 0 Å². The van der Waals surface area contributed by atoms with Gasteiger partial charge in [-0.15, -0.1) is 0 Å². The first kappa shape index (κ1) is 80.6. The molecule has 0 saturated carbocycles. The van der Waals surface area contributed by atoms with Crippen molar-refractivity contribution < 1.29 is 79.6 Å². The molecule has 1 saturated heterocycles. The monoisotopic (exact) mass is 1460 g/mol. The molecule has 27 heteroatoms. The molecule has 4 heterocycles. The number of amides is 1. The highest BCUT2D eigenvalue weighted by molar-refractivity contribution is 7.66. The van der Waals surface area contributed by atoms with E-state index < -0.39 is 51.7 Å². The van der Waals surface area contributed by atoms with Gasteiger partial charge in [-0.05, 0) is 164 Å². The summed E-state index contributed by atoms with van der Waals surface area (Å²) in [5.41, 5.74) is 5.38. The number of aromatic nitrogens is 3. The molecule has 3 aromatic carbocycles. The van der Waals surface area contributed by atoms with E-state index in [0.717, 1.165) is 0 Å². The number of unbranched alkanes of at least 4 members (excludes halogenated alkanes) is 1. The molecular formula is C75H92N7O17P3. The van der Waals surface area contributed by atoms with Crippen LogP contribution in [0.3, 0.4) is 0 Å². The number of pyridine rings is 3. The van der Waals surface area contributed by atoms with Crippen LogP contribution in [-0.2, 0) is 80.2 Å². The molecule has 0 radical (unpaired) electrons. The SMILES string of the molecule is CCOP(C)(=O)c1cc(C#Cc2ccc(OCC(=O)OC)cc2)cc(CN2CCN(Cc3cc(C#Cc4ccc(OCC(=O)OC)cc4)cc(P(C)(=O)OCC)n3)C[C@H](CCCCNC(=O)OC(C)(C)C)N(Cc3cc(C#Cc4ccc(OCC(=O)OC)cc4)cc(P(C)(=O)OCC)n3)CC2)n1. The van der Waals surface area contributed by atoms with Crippen molar-refractivity contribution in [2.45, 2.75) is 92.1 Å². The topological polar surface area (TPSA) is 272 Å². The molecular weight excluding hydrogens is 1360 g/mol. The van der Waals surface area contributed by atoms with E-state index in [1.165, 1.54) is 21.3 Å². The van der Waals surface area contributed by atoms with Crippen LogP contribution in [0.15, 0.2) is 109 Å². The van der Waals surface area contributed by atoms with Crippen molar-refractivity contribution in [3.63, 3.8) is 0 Å². The minimum Gasteiger partial charge on any atom is -0.482 e. The third-order valence-corrected chi connectivity index (χ3v) is 21.0. The Morgan fingerprint density at radius 2 is 0.824 bits per heavy atom. The lowest BCUT2D eigenvalue weighted by molar-refractivity contribution is -0.143. The molecule has 3 unspecified atom stereocenters. The van der Waals surface area contributed by atoms with Crippen LogP contribution in [0.5, 0.6) is 17.2 Å². The zero-order valence-electron chi connectivity index (χ0n) is 60.2. The van der Waals surface area contributed by atoms with Crippen LogP contribution in [0.4, 0.5) is 4.79 Å². The van der Waals surface area contributed by atoms with Crippen LogP contribution >= 0.6 is 22.1 Å². The highest BCUT2D eigenvalue weighted by atomic mass is 31.2. The molecule has 4 atom stereocenters. The molecule has 1 aliphatic rings. The Morgan fingerprint density at radius 1 is 0.480 bits per heavy atom. The standard InChI is InChI=1S/C75H92N7O17P3/c1-13-96-100(10,87)68-45-58(22-19-55-25-31-65(32-26-55)93-52-71(83)90-7)42-61(77-68)48-80-38-39-81(49-62-43-59(46-69(78-62)101(11,88)97-14-2)23-20-56-27-33-66(34-28-56)94-53-72(84)91-8)51-64(18-16-17-37-76-74(86)99-75(4,5)6)82(41-40-80)50-63-44-60(47-70(79-63)102(12,89)98-15-3)24-21-57-29-35-67(36-30-57)95-54-73(85)92-9/h25-36,42-47,64H,13-18,37-41,48-54H2,1-12H3,(H,76,86)/t64-,100?,101?,102?/m0/s1. The maximum atomic E-state index is 14.5. The number of alkyl carbamates (subject to hydrolysis) is 1. The summed E-state index contributed by atoms with van der Waals surface area (Å²) in [6.45, 7) is 18.7. The fourth-order valence-electron chi connectivity index (χ4n) is 10.5. The molecule has 24 nitrogen and oxygen atoms in total. The number of rotatable bonds is 29. The molecule has 0 aliphatic carbocycles. The second-order valence-corrected chi connectivity index (χ2v) is 32.1. The van der Waals surface area contributed by atoms with Gasteiger partial charge in [0.2, 0.25) is 22.1 Å². The molecule has 1 N–H and O–H groups in total. The zero-order chi connectivity index (χ0) is 73.9. The summed E-state index contributed by atoms with van der Waals surface area (Å²) in [4.78, 5) is 70.3. The molecule has 0 bridgehead atoms. The lowest BCUT2D eigenvalue weighted by atomic mass is 10.1. The van der Waals surface area contributed by atoms with E-state index in [0.29, 0.717) is 126 Å². The summed E-state index contributed by atoms with van der Waals surface area (Å²) in [6.07, 6.45) is 1.40. The van der Waals surface area contributed by atoms with Crippen molar-refractivity contribution in [2.75, 3.05) is 120 Å². The van der Waals surface area contributed by atoms with Gasteiger partial charge in [0, 0.05) is 118 Å². The third-order valence-electron chi connectivity index (χ3n) is 15.5. The highest BCUT2D eigenvalue weighted by Crippen LogP contribution is 2.42. The number of nitrogens with one attached hydrogen (secondary N) is 1. The Morgan fingerprint density at radius 3 is 1.19 bits per heavy atom. The van der Waals surface area contributed by atoms with Crippen molar-refractivity contribution in [2.24, 2.45) is 0 Å². The average molecular weight is 1460 g/mol. The van der Waals surface area contributed by atoms with Crippen LogP contribution in [0.25, 0.3) is 0 Å². The molecule has 3 aromatic heterocycles. The fraction of sp³-hybridized carbons (Fsp3) is 0.427. The fourth-order valence-corrected chi connectivity index (χ4v) is 14.4. The summed E-state index contributed by atoms with van der Waals surface area (Å²) in [5.74, 6) is 19.3. The van der Waals surface area contributed by atoms with Crippen molar-refractivity contribution in [3.05, 3.63) is 160 Å². The largest absolute Gasteiger partial charge is 0.482 e. The Labute approximate surface area is 598 Å². The van der Waals surface area contributed by atoms with Crippen LogP contribution in [0, 0.1) is 35.5 Å². The van der Waals surface area contributed by atoms with Crippen molar-refractivity contribution in [3.8, 4) is 52.8 Å². The molecule has 544 valence electrons. The van der Waals surface area contributed by atoms with E-state index in [4.69, 9.17) is 61.7 Å². The summed E-state index contributed by atoms with van der Waals surface area (Å²) in [7, 11) is -6.62. The first-order valence-electron chi connectivity index (χ1n) is 33.5. The van der Waals surface area contributed by atoms with Gasteiger partial charge in [0.25, 0.3) is 0 Å². The van der Waals surface area contributed by atoms with Gasteiger partial charge in [0.1, 0.15) is 39.2 Å². The van der Waals surface area contributed by atoms with Crippen LogP contribution < -0.4 is 35.8 Å². The van der Waals surface area contributed by atoms with Gasteiger partial charge < -0.3 is 52.0 Å². The van der Waals surface area contributed by atoms with Crippen LogP contribution in [-0.4, -0.2) is 186 Å². The molecule has 0 spiro atoms. The number of nitrogens with zero attached hydrogens (tertiary/aromatic N) is 6. The lowest BCUT2D eigenvalue weighted by Gasteiger charge is -2.35.